The van der Waals surface area contributed by atoms with Crippen LogP contribution in [0.3, 0.4) is 0 Å². The molecule has 2 N–H and O–H groups in total. The normalized spacial score (nSPS) is 25.2. The molecule has 1 atom stereocenters. The van der Waals surface area contributed by atoms with Gasteiger partial charge in [-0.3, -0.25) is 0 Å². The first kappa shape index (κ1) is 14.5. The third-order valence-electron chi connectivity index (χ3n) is 4.64. The van der Waals surface area contributed by atoms with Crippen LogP contribution in [0.25, 0.3) is 0 Å². The van der Waals surface area contributed by atoms with Crippen LogP contribution < -0.4 is 9.80 Å². The van der Waals surface area contributed by atoms with E-state index in [1.807, 2.05) is 4.90 Å². The van der Waals surface area contributed by atoms with Crippen LogP contribution in [0, 0.1) is 0 Å². The summed E-state index contributed by atoms with van der Waals surface area (Å²) in [7, 11) is 2.39. The van der Waals surface area contributed by atoms with Crippen LogP contribution in [0.5, 0.6) is 0 Å². The summed E-state index contributed by atoms with van der Waals surface area (Å²) in [5.41, 5.74) is 1.48. The van der Waals surface area contributed by atoms with Gasteiger partial charge in [0.15, 0.2) is 0 Å². The van der Waals surface area contributed by atoms with Crippen molar-refractivity contribution in [2.24, 2.45) is 0 Å². The molecule has 19 heavy (non-hydrogen) atoms. The van der Waals surface area contributed by atoms with Crippen molar-refractivity contribution in [1.29, 1.82) is 0 Å². The molecule has 1 fully saturated rings. The van der Waals surface area contributed by atoms with Crippen molar-refractivity contribution in [3.05, 3.63) is 35.9 Å². The summed E-state index contributed by atoms with van der Waals surface area (Å²) in [5.74, 6) is 0. The molecule has 1 saturated heterocycles. The average Bonchev–Trinajstić information content (AvgIpc) is 2.47. The number of likely N-dealkylation sites (N-methyl/N-ethyl adjacent to an activating group) is 1. The maximum Gasteiger partial charge on any atom is 0.0981 e. The molecule has 0 radical (unpaired) electrons. The van der Waals surface area contributed by atoms with Gasteiger partial charge in [-0.1, -0.05) is 37.3 Å². The lowest BCUT2D eigenvalue weighted by Crippen LogP contribution is -3.19. The summed E-state index contributed by atoms with van der Waals surface area (Å²) in [4.78, 5) is 3.56. The van der Waals surface area contributed by atoms with E-state index in [1.165, 1.54) is 57.4 Å². The molecule has 1 heterocycles. The zero-order valence-corrected chi connectivity index (χ0v) is 12.6. The van der Waals surface area contributed by atoms with E-state index in [4.69, 9.17) is 0 Å². The molecule has 0 saturated carbocycles. The number of rotatable bonds is 6. The van der Waals surface area contributed by atoms with E-state index in [0.29, 0.717) is 0 Å². The fourth-order valence-electron chi connectivity index (χ4n) is 3.31. The molecule has 0 bridgehead atoms. The Morgan fingerprint density at radius 1 is 1.16 bits per heavy atom. The van der Waals surface area contributed by atoms with Crippen molar-refractivity contribution in [3.8, 4) is 0 Å². The van der Waals surface area contributed by atoms with Crippen LogP contribution in [0.4, 0.5) is 0 Å². The van der Waals surface area contributed by atoms with Crippen molar-refractivity contribution < 1.29 is 9.80 Å². The van der Waals surface area contributed by atoms with Gasteiger partial charge in [-0.15, -0.1) is 0 Å². The quantitative estimate of drug-likeness (QED) is 0.725. The first-order valence-electron chi connectivity index (χ1n) is 7.99. The molecule has 2 heteroatoms. The molecule has 0 amide bonds. The second-order valence-electron chi connectivity index (χ2n) is 6.11. The second kappa shape index (κ2) is 7.66. The zero-order valence-electron chi connectivity index (χ0n) is 12.6. The molecule has 1 aliphatic heterocycles. The van der Waals surface area contributed by atoms with Gasteiger partial charge in [-0.25, -0.2) is 0 Å². The van der Waals surface area contributed by atoms with Gasteiger partial charge in [0.25, 0.3) is 0 Å². The van der Waals surface area contributed by atoms with Gasteiger partial charge in [0.05, 0.1) is 39.3 Å². The summed E-state index contributed by atoms with van der Waals surface area (Å²) in [6.45, 7) is 7.73. The lowest BCUT2D eigenvalue weighted by atomic mass is 10.0. The van der Waals surface area contributed by atoms with Gasteiger partial charge < -0.3 is 9.80 Å². The number of likely N-dealkylation sites (tertiary alicyclic amines) is 1. The zero-order chi connectivity index (χ0) is 13.5. The molecule has 0 aliphatic carbocycles. The number of piperidine rings is 1. The SMILES string of the molecule is CCC[NH+]1CCC([NH+](C)CCc2ccccc2)CC1. The standard InChI is InChI=1S/C17H28N2/c1-3-12-19-14-10-17(11-15-19)18(2)13-9-16-7-5-4-6-8-16/h4-8,17H,3,9-15H2,1-2H3/p+2. The molecular formula is C17H30N2+2. The smallest absolute Gasteiger partial charge is 0.0981 e. The highest BCUT2D eigenvalue weighted by Crippen LogP contribution is 1.99. The van der Waals surface area contributed by atoms with Crippen molar-refractivity contribution in [2.45, 2.75) is 38.6 Å². The highest BCUT2D eigenvalue weighted by molar-refractivity contribution is 5.14. The first-order chi connectivity index (χ1) is 9.29. The minimum atomic E-state index is 0.893. The number of quaternary nitrogens is 2. The van der Waals surface area contributed by atoms with Gasteiger partial charge in [0.1, 0.15) is 0 Å². The fraction of sp³-hybridized carbons (Fsp3) is 0.647. The third kappa shape index (κ3) is 4.63. The van der Waals surface area contributed by atoms with Crippen LogP contribution >= 0.6 is 0 Å². The first-order valence-corrected chi connectivity index (χ1v) is 7.99. The molecule has 0 aromatic heterocycles. The topological polar surface area (TPSA) is 8.88 Å². The maximum absolute atomic E-state index is 2.39. The Labute approximate surface area is 118 Å². The number of hydrogen-bond acceptors (Lipinski definition) is 0. The van der Waals surface area contributed by atoms with E-state index in [9.17, 15) is 0 Å². The minimum Gasteiger partial charge on any atom is -0.335 e. The highest BCUT2D eigenvalue weighted by Gasteiger charge is 2.26. The maximum atomic E-state index is 2.39. The van der Waals surface area contributed by atoms with E-state index in [0.717, 1.165) is 6.04 Å². The number of benzene rings is 1. The van der Waals surface area contributed by atoms with E-state index in [1.54, 1.807) is 4.90 Å². The Kier molecular flexibility index (Phi) is 5.87. The van der Waals surface area contributed by atoms with Crippen LogP contribution in [0.2, 0.25) is 0 Å². The highest BCUT2D eigenvalue weighted by atomic mass is 15.2. The predicted molar refractivity (Wildman–Crippen MR) is 80.8 cm³/mol. The molecule has 2 nitrogen and oxygen atoms in total. The Bertz CT molecular complexity index is 342. The lowest BCUT2D eigenvalue weighted by molar-refractivity contribution is -0.947. The summed E-state index contributed by atoms with van der Waals surface area (Å²) in [5, 5.41) is 0. The lowest BCUT2D eigenvalue weighted by Gasteiger charge is -2.32. The fourth-order valence-corrected chi connectivity index (χ4v) is 3.31. The van der Waals surface area contributed by atoms with E-state index >= 15 is 0 Å². The Morgan fingerprint density at radius 2 is 1.84 bits per heavy atom. The summed E-state index contributed by atoms with van der Waals surface area (Å²) in [6, 6.07) is 11.8. The van der Waals surface area contributed by atoms with Gasteiger partial charge >= 0.3 is 0 Å². The van der Waals surface area contributed by atoms with E-state index in [2.05, 4.69) is 44.3 Å². The van der Waals surface area contributed by atoms with Crippen LogP contribution in [0.15, 0.2) is 30.3 Å². The average molecular weight is 262 g/mol. The summed E-state index contributed by atoms with van der Waals surface area (Å²) in [6.07, 6.45) is 5.37. The largest absolute Gasteiger partial charge is 0.335 e. The molecule has 1 aromatic rings. The van der Waals surface area contributed by atoms with Crippen molar-refractivity contribution in [2.75, 3.05) is 33.2 Å². The van der Waals surface area contributed by atoms with Gasteiger partial charge in [-0.2, -0.15) is 0 Å². The van der Waals surface area contributed by atoms with Crippen molar-refractivity contribution in [3.63, 3.8) is 0 Å². The molecule has 1 aromatic carbocycles. The Balaban J connectivity index is 1.71. The van der Waals surface area contributed by atoms with E-state index < -0.39 is 0 Å². The number of hydrogen-bond donors (Lipinski definition) is 2. The number of nitrogens with one attached hydrogen (secondary N) is 2. The predicted octanol–water partition coefficient (Wildman–Crippen LogP) is 0.201. The van der Waals surface area contributed by atoms with E-state index in [-0.39, 0.29) is 0 Å². The molecular weight excluding hydrogens is 232 g/mol. The van der Waals surface area contributed by atoms with Crippen LogP contribution in [0.1, 0.15) is 31.7 Å². The molecule has 106 valence electrons. The van der Waals surface area contributed by atoms with Gasteiger partial charge in [0, 0.05) is 19.3 Å². The van der Waals surface area contributed by atoms with Crippen molar-refractivity contribution in [1.82, 2.24) is 0 Å². The molecule has 2 rings (SSSR count). The van der Waals surface area contributed by atoms with Gasteiger partial charge in [0.2, 0.25) is 0 Å². The summed E-state index contributed by atoms with van der Waals surface area (Å²) < 4.78 is 0. The van der Waals surface area contributed by atoms with Crippen molar-refractivity contribution >= 4 is 0 Å². The Hall–Kier alpha value is -0.860. The Morgan fingerprint density at radius 3 is 2.47 bits per heavy atom. The van der Waals surface area contributed by atoms with Gasteiger partial charge in [-0.05, 0) is 12.0 Å². The monoisotopic (exact) mass is 262 g/mol. The molecule has 1 unspecified atom stereocenters. The summed E-state index contributed by atoms with van der Waals surface area (Å²) >= 11 is 0. The van der Waals surface area contributed by atoms with Crippen LogP contribution in [-0.4, -0.2) is 39.3 Å². The molecule has 0 spiro atoms. The third-order valence-corrected chi connectivity index (χ3v) is 4.64. The molecule has 1 aliphatic rings. The van der Waals surface area contributed by atoms with Crippen LogP contribution in [-0.2, 0) is 6.42 Å². The second-order valence-corrected chi connectivity index (χ2v) is 6.11. The minimum absolute atomic E-state index is 0.893.